The molecular weight excluding hydrogens is 579 g/mol. The molecule has 0 atom stereocenters. The summed E-state index contributed by atoms with van der Waals surface area (Å²) in [5, 5.41) is 11.6. The molecule has 6 rings (SSSR count). The van der Waals surface area contributed by atoms with E-state index in [1.54, 1.807) is 41.9 Å². The molecular formula is C29H33N5O4S3. The van der Waals surface area contributed by atoms with E-state index in [1.165, 1.54) is 10.4 Å². The van der Waals surface area contributed by atoms with Gasteiger partial charge in [0.25, 0.3) is 0 Å². The van der Waals surface area contributed by atoms with Crippen LogP contribution in [0.15, 0.2) is 47.4 Å². The van der Waals surface area contributed by atoms with Crippen LogP contribution in [0.5, 0.6) is 0 Å². The van der Waals surface area contributed by atoms with Crippen LogP contribution in [0.4, 0.5) is 5.00 Å². The fourth-order valence-corrected chi connectivity index (χ4v) is 8.50. The molecule has 0 radical (unpaired) electrons. The lowest BCUT2D eigenvalue weighted by Gasteiger charge is -2.13. The molecule has 1 aliphatic carbocycles. The number of methoxy groups -OCH3 is 1. The number of aromatic nitrogens is 1. The highest BCUT2D eigenvalue weighted by molar-refractivity contribution is 7.89. The molecule has 216 valence electrons. The number of nitrogens with zero attached hydrogens (tertiary/aromatic N) is 1. The third-order valence-corrected chi connectivity index (χ3v) is 10.9. The molecule has 1 amide bonds. The van der Waals surface area contributed by atoms with E-state index in [2.05, 4.69) is 26.7 Å². The Labute approximate surface area is 247 Å². The first kappa shape index (κ1) is 28.4. The molecule has 2 aromatic carbocycles. The molecule has 4 aromatic rings. The topological polar surface area (TPSA) is 121 Å². The van der Waals surface area contributed by atoms with Crippen LogP contribution in [-0.2, 0) is 32.5 Å². The average Bonchev–Trinajstić information content (AvgIpc) is 3.55. The Morgan fingerprint density at radius 1 is 1.10 bits per heavy atom. The van der Waals surface area contributed by atoms with Crippen molar-refractivity contribution < 1.29 is 17.9 Å². The molecule has 1 fully saturated rings. The molecule has 0 saturated heterocycles. The van der Waals surface area contributed by atoms with Gasteiger partial charge in [-0.05, 0) is 66.8 Å². The molecule has 41 heavy (non-hydrogen) atoms. The second-order valence-corrected chi connectivity index (χ2v) is 14.1. The summed E-state index contributed by atoms with van der Waals surface area (Å²) in [5.41, 5.74) is 5.08. The first-order valence-electron chi connectivity index (χ1n) is 13.8. The monoisotopic (exact) mass is 611 g/mol. The summed E-state index contributed by atoms with van der Waals surface area (Å²) < 4.78 is 33.9. The van der Waals surface area contributed by atoms with Crippen LogP contribution in [0.1, 0.15) is 29.7 Å². The number of sulfonamides is 1. The van der Waals surface area contributed by atoms with Gasteiger partial charge in [-0.15, -0.1) is 22.7 Å². The molecule has 4 N–H and O–H groups in total. The second kappa shape index (κ2) is 12.3. The predicted octanol–water partition coefficient (Wildman–Crippen LogP) is 4.34. The van der Waals surface area contributed by atoms with Crippen molar-refractivity contribution in [2.24, 2.45) is 0 Å². The summed E-state index contributed by atoms with van der Waals surface area (Å²) in [7, 11) is -1.83. The van der Waals surface area contributed by atoms with Crippen molar-refractivity contribution in [2.75, 3.05) is 38.7 Å². The Balaban J connectivity index is 1.24. The van der Waals surface area contributed by atoms with Crippen LogP contribution in [0.25, 0.3) is 31.9 Å². The van der Waals surface area contributed by atoms with E-state index in [9.17, 15) is 13.2 Å². The van der Waals surface area contributed by atoms with Gasteiger partial charge < -0.3 is 20.7 Å². The standard InChI is InChI=1S/C29H33N5O4S3/c1-38-15-14-30-13-11-26(35)33-29-27(22-10-12-31-17-25(22)40-29)28-32-23-16-19(4-9-24(23)39-28)18-2-7-21(8-3-18)41(36,37)34-20-5-6-20/h2-4,7-9,16,20,30-31,34H,5-6,10-15,17H2,1H3,(H,33,35). The van der Waals surface area contributed by atoms with E-state index in [-0.39, 0.29) is 16.8 Å². The quantitative estimate of drug-likeness (QED) is 0.176. The zero-order valence-electron chi connectivity index (χ0n) is 22.8. The van der Waals surface area contributed by atoms with Gasteiger partial charge in [-0.1, -0.05) is 18.2 Å². The van der Waals surface area contributed by atoms with Crippen LogP contribution in [-0.4, -0.2) is 58.7 Å². The Bertz CT molecular complexity index is 1660. The van der Waals surface area contributed by atoms with Crippen molar-refractivity contribution in [3.8, 4) is 21.7 Å². The van der Waals surface area contributed by atoms with Gasteiger partial charge in [0.1, 0.15) is 10.0 Å². The van der Waals surface area contributed by atoms with Gasteiger partial charge in [-0.3, -0.25) is 4.79 Å². The van der Waals surface area contributed by atoms with Gasteiger partial charge >= 0.3 is 0 Å². The number of carbonyl (C=O) groups is 1. The summed E-state index contributed by atoms with van der Waals surface area (Å²) in [5.74, 6) is -0.0242. The number of amides is 1. The highest BCUT2D eigenvalue weighted by atomic mass is 32.2. The molecule has 1 saturated carbocycles. The lowest BCUT2D eigenvalue weighted by Crippen LogP contribution is -2.25. The predicted molar refractivity (Wildman–Crippen MR) is 165 cm³/mol. The fourth-order valence-electron chi connectivity index (χ4n) is 4.87. The van der Waals surface area contributed by atoms with E-state index in [4.69, 9.17) is 9.72 Å². The van der Waals surface area contributed by atoms with Crippen LogP contribution in [0.3, 0.4) is 0 Å². The number of ether oxygens (including phenoxy) is 1. The van der Waals surface area contributed by atoms with Gasteiger partial charge in [0.2, 0.25) is 15.9 Å². The molecule has 2 aliphatic rings. The summed E-state index contributed by atoms with van der Waals surface area (Å²) in [6.07, 6.45) is 3.07. The number of nitrogens with one attached hydrogen (secondary N) is 4. The number of thiazole rings is 1. The summed E-state index contributed by atoms with van der Waals surface area (Å²) in [6, 6.07) is 13.2. The maximum absolute atomic E-state index is 12.8. The van der Waals surface area contributed by atoms with E-state index < -0.39 is 10.0 Å². The van der Waals surface area contributed by atoms with Crippen molar-refractivity contribution >= 4 is 53.8 Å². The van der Waals surface area contributed by atoms with Crippen LogP contribution in [0.2, 0.25) is 0 Å². The number of hydrogen-bond donors (Lipinski definition) is 4. The van der Waals surface area contributed by atoms with Gasteiger partial charge in [0, 0.05) is 49.6 Å². The Kier molecular flexibility index (Phi) is 8.50. The first-order valence-corrected chi connectivity index (χ1v) is 16.9. The minimum absolute atomic E-state index is 0.0242. The number of rotatable bonds is 12. The van der Waals surface area contributed by atoms with E-state index in [1.807, 2.05) is 24.3 Å². The first-order chi connectivity index (χ1) is 19.9. The maximum Gasteiger partial charge on any atom is 0.240 e. The third kappa shape index (κ3) is 6.54. The molecule has 12 heteroatoms. The molecule has 3 heterocycles. The second-order valence-electron chi connectivity index (χ2n) is 10.3. The average molecular weight is 612 g/mol. The lowest BCUT2D eigenvalue weighted by molar-refractivity contribution is -0.116. The number of carbonyl (C=O) groups excluding carboxylic acids is 1. The molecule has 0 bridgehead atoms. The van der Waals surface area contributed by atoms with Gasteiger partial charge in [-0.2, -0.15) is 0 Å². The molecule has 2 aromatic heterocycles. The van der Waals surface area contributed by atoms with Gasteiger partial charge in [0.15, 0.2) is 0 Å². The molecule has 9 nitrogen and oxygen atoms in total. The number of hydrogen-bond acceptors (Lipinski definition) is 9. The van der Waals surface area contributed by atoms with Gasteiger partial charge in [-0.25, -0.2) is 18.1 Å². The van der Waals surface area contributed by atoms with Crippen molar-refractivity contribution in [3.05, 3.63) is 52.9 Å². The molecule has 0 unspecified atom stereocenters. The molecule has 1 aliphatic heterocycles. The highest BCUT2D eigenvalue weighted by Crippen LogP contribution is 2.45. The number of fused-ring (bicyclic) bond motifs is 2. The Morgan fingerprint density at radius 3 is 2.68 bits per heavy atom. The maximum atomic E-state index is 12.8. The van der Waals surface area contributed by atoms with Crippen LogP contribution < -0.4 is 20.7 Å². The van der Waals surface area contributed by atoms with Crippen molar-refractivity contribution in [1.82, 2.24) is 20.3 Å². The Hall–Kier alpha value is -2.71. The summed E-state index contributed by atoms with van der Waals surface area (Å²) in [6.45, 7) is 3.59. The minimum Gasteiger partial charge on any atom is -0.383 e. The fraction of sp³-hybridized carbons (Fsp3) is 0.379. The normalized spacial score (nSPS) is 15.2. The van der Waals surface area contributed by atoms with Gasteiger partial charge in [0.05, 0.1) is 21.7 Å². The summed E-state index contributed by atoms with van der Waals surface area (Å²) >= 11 is 3.26. The van der Waals surface area contributed by atoms with Crippen molar-refractivity contribution in [2.45, 2.75) is 43.2 Å². The van der Waals surface area contributed by atoms with E-state index in [0.717, 1.165) is 69.3 Å². The lowest BCUT2D eigenvalue weighted by atomic mass is 10.0. The van der Waals surface area contributed by atoms with Crippen LogP contribution in [0, 0.1) is 0 Å². The summed E-state index contributed by atoms with van der Waals surface area (Å²) in [4.78, 5) is 19.4. The smallest absolute Gasteiger partial charge is 0.240 e. The number of benzene rings is 2. The number of thiophene rings is 1. The zero-order chi connectivity index (χ0) is 28.4. The highest BCUT2D eigenvalue weighted by Gasteiger charge is 2.28. The molecule has 0 spiro atoms. The number of anilines is 1. The van der Waals surface area contributed by atoms with Crippen molar-refractivity contribution in [3.63, 3.8) is 0 Å². The van der Waals surface area contributed by atoms with Crippen molar-refractivity contribution in [1.29, 1.82) is 0 Å². The van der Waals surface area contributed by atoms with E-state index >= 15 is 0 Å². The largest absolute Gasteiger partial charge is 0.383 e. The third-order valence-electron chi connectivity index (χ3n) is 7.19. The van der Waals surface area contributed by atoms with Crippen LogP contribution >= 0.6 is 22.7 Å². The minimum atomic E-state index is -3.48. The SMILES string of the molecule is COCCNCCC(=O)Nc1sc2c(c1-c1nc3cc(-c4ccc(S(=O)(=O)NC5CC5)cc4)ccc3s1)CCNC2. The van der Waals surface area contributed by atoms with E-state index in [0.29, 0.717) is 26.1 Å². The Morgan fingerprint density at radius 2 is 1.90 bits per heavy atom. The zero-order valence-corrected chi connectivity index (χ0v) is 25.2.